The second kappa shape index (κ2) is 5.33. The van der Waals surface area contributed by atoms with Crippen LogP contribution < -0.4 is 5.32 Å². The van der Waals surface area contributed by atoms with E-state index >= 15 is 0 Å². The first-order valence-corrected chi connectivity index (χ1v) is 5.69. The summed E-state index contributed by atoms with van der Waals surface area (Å²) in [5.74, 6) is -0.274. The van der Waals surface area contributed by atoms with Gasteiger partial charge in [0.1, 0.15) is 5.82 Å². The first kappa shape index (κ1) is 12.1. The number of rotatable bonds is 3. The molecule has 0 atom stereocenters. The standard InChI is InChI=1S/C15H13FN2/c1-11-5-4-8-14(16)15(11)18-10-13-7-3-2-6-12(13)9-17/h2-8,18H,10H2,1H3. The van der Waals surface area contributed by atoms with Crippen molar-refractivity contribution in [2.45, 2.75) is 13.5 Å². The van der Waals surface area contributed by atoms with E-state index in [4.69, 9.17) is 5.26 Å². The van der Waals surface area contributed by atoms with Gasteiger partial charge in [-0.1, -0.05) is 30.3 Å². The van der Waals surface area contributed by atoms with Gasteiger partial charge in [0.2, 0.25) is 0 Å². The van der Waals surface area contributed by atoms with E-state index in [9.17, 15) is 4.39 Å². The predicted octanol–water partition coefficient (Wildman–Crippen LogP) is 3.62. The number of hydrogen-bond acceptors (Lipinski definition) is 2. The van der Waals surface area contributed by atoms with E-state index in [0.717, 1.165) is 11.1 Å². The van der Waals surface area contributed by atoms with Crippen molar-refractivity contribution in [3.05, 3.63) is 65.0 Å². The quantitative estimate of drug-likeness (QED) is 0.889. The van der Waals surface area contributed by atoms with Crippen molar-refractivity contribution in [1.82, 2.24) is 0 Å². The largest absolute Gasteiger partial charge is 0.378 e. The number of nitriles is 1. The predicted molar refractivity (Wildman–Crippen MR) is 69.6 cm³/mol. The molecule has 0 fully saturated rings. The lowest BCUT2D eigenvalue weighted by atomic mass is 10.1. The minimum absolute atomic E-state index is 0.274. The van der Waals surface area contributed by atoms with Gasteiger partial charge in [-0.15, -0.1) is 0 Å². The fraction of sp³-hybridized carbons (Fsp3) is 0.133. The van der Waals surface area contributed by atoms with Crippen molar-refractivity contribution in [2.24, 2.45) is 0 Å². The van der Waals surface area contributed by atoms with Crippen LogP contribution in [0.5, 0.6) is 0 Å². The lowest BCUT2D eigenvalue weighted by Gasteiger charge is -2.11. The lowest BCUT2D eigenvalue weighted by molar-refractivity contribution is 0.629. The summed E-state index contributed by atoms with van der Waals surface area (Å²) in [5, 5.41) is 12.0. The normalized spacial score (nSPS) is 9.83. The van der Waals surface area contributed by atoms with Gasteiger partial charge in [-0.2, -0.15) is 5.26 Å². The molecule has 0 aliphatic rings. The molecule has 0 unspecified atom stereocenters. The summed E-state index contributed by atoms with van der Waals surface area (Å²) in [6.45, 7) is 2.28. The second-order valence-electron chi connectivity index (χ2n) is 4.05. The Bertz CT molecular complexity index is 579. The molecule has 0 aliphatic heterocycles. The molecule has 0 heterocycles. The Morgan fingerprint density at radius 1 is 1.17 bits per heavy atom. The van der Waals surface area contributed by atoms with E-state index in [1.807, 2.05) is 31.2 Å². The third-order valence-corrected chi connectivity index (χ3v) is 2.82. The van der Waals surface area contributed by atoms with Crippen LogP contribution in [0.15, 0.2) is 42.5 Å². The molecule has 3 heteroatoms. The Kier molecular flexibility index (Phi) is 3.59. The van der Waals surface area contributed by atoms with Crippen LogP contribution in [0, 0.1) is 24.1 Å². The van der Waals surface area contributed by atoms with Crippen LogP contribution in [0.2, 0.25) is 0 Å². The molecule has 0 amide bonds. The molecule has 2 nitrogen and oxygen atoms in total. The highest BCUT2D eigenvalue weighted by Gasteiger charge is 2.06. The van der Waals surface area contributed by atoms with Gasteiger partial charge in [0.25, 0.3) is 0 Å². The van der Waals surface area contributed by atoms with Crippen molar-refractivity contribution in [2.75, 3.05) is 5.32 Å². The molecule has 2 aromatic carbocycles. The van der Waals surface area contributed by atoms with Crippen molar-refractivity contribution >= 4 is 5.69 Å². The van der Waals surface area contributed by atoms with Gasteiger partial charge in [-0.25, -0.2) is 4.39 Å². The monoisotopic (exact) mass is 240 g/mol. The molecular weight excluding hydrogens is 227 g/mol. The smallest absolute Gasteiger partial charge is 0.146 e. The number of nitrogens with one attached hydrogen (secondary N) is 1. The molecule has 0 saturated heterocycles. The van der Waals surface area contributed by atoms with Gasteiger partial charge in [0.05, 0.1) is 17.3 Å². The number of aryl methyl sites for hydroxylation is 1. The second-order valence-corrected chi connectivity index (χ2v) is 4.05. The minimum Gasteiger partial charge on any atom is -0.378 e. The molecule has 0 radical (unpaired) electrons. The maximum atomic E-state index is 13.6. The van der Waals surface area contributed by atoms with Crippen molar-refractivity contribution in [1.29, 1.82) is 5.26 Å². The molecule has 0 bridgehead atoms. The van der Waals surface area contributed by atoms with Gasteiger partial charge in [-0.05, 0) is 30.2 Å². The van der Waals surface area contributed by atoms with Crippen LogP contribution in [0.3, 0.4) is 0 Å². The summed E-state index contributed by atoms with van der Waals surface area (Å²) in [6.07, 6.45) is 0. The highest BCUT2D eigenvalue weighted by Crippen LogP contribution is 2.20. The number of benzene rings is 2. The number of halogens is 1. The molecule has 90 valence electrons. The van der Waals surface area contributed by atoms with Crippen LogP contribution in [-0.2, 0) is 6.54 Å². The summed E-state index contributed by atoms with van der Waals surface area (Å²) in [6, 6.07) is 14.4. The number of hydrogen-bond donors (Lipinski definition) is 1. The SMILES string of the molecule is Cc1cccc(F)c1NCc1ccccc1C#N. The van der Waals surface area contributed by atoms with Gasteiger partial charge >= 0.3 is 0 Å². The Morgan fingerprint density at radius 2 is 1.94 bits per heavy atom. The van der Waals surface area contributed by atoms with E-state index in [1.54, 1.807) is 12.1 Å². The van der Waals surface area contributed by atoms with Gasteiger partial charge < -0.3 is 5.32 Å². The zero-order chi connectivity index (χ0) is 13.0. The van der Waals surface area contributed by atoms with Crippen molar-refractivity contribution in [3.8, 4) is 6.07 Å². The van der Waals surface area contributed by atoms with Crippen LogP contribution in [0.25, 0.3) is 0 Å². The molecule has 18 heavy (non-hydrogen) atoms. The third-order valence-electron chi connectivity index (χ3n) is 2.82. The number of anilines is 1. The Balaban J connectivity index is 2.20. The van der Waals surface area contributed by atoms with E-state index in [2.05, 4.69) is 11.4 Å². The summed E-state index contributed by atoms with van der Waals surface area (Å²) in [5.41, 5.74) is 2.82. The zero-order valence-corrected chi connectivity index (χ0v) is 10.1. The molecular formula is C15H13FN2. The fourth-order valence-electron chi connectivity index (χ4n) is 1.82. The topological polar surface area (TPSA) is 35.8 Å². The van der Waals surface area contributed by atoms with Gasteiger partial charge in [0.15, 0.2) is 0 Å². The average molecular weight is 240 g/mol. The molecule has 0 saturated carbocycles. The molecule has 0 aliphatic carbocycles. The number of nitrogens with zero attached hydrogens (tertiary/aromatic N) is 1. The first-order chi connectivity index (χ1) is 8.72. The Hall–Kier alpha value is -2.34. The zero-order valence-electron chi connectivity index (χ0n) is 10.1. The summed E-state index contributed by atoms with van der Waals surface area (Å²) in [4.78, 5) is 0. The molecule has 1 N–H and O–H groups in total. The average Bonchev–Trinajstić information content (AvgIpc) is 2.38. The Morgan fingerprint density at radius 3 is 2.67 bits per heavy atom. The highest BCUT2D eigenvalue weighted by molar-refractivity contribution is 5.52. The lowest BCUT2D eigenvalue weighted by Crippen LogP contribution is -2.04. The fourth-order valence-corrected chi connectivity index (χ4v) is 1.82. The summed E-state index contributed by atoms with van der Waals surface area (Å²) < 4.78 is 13.6. The van der Waals surface area contributed by atoms with Crippen molar-refractivity contribution in [3.63, 3.8) is 0 Å². The third kappa shape index (κ3) is 2.49. The number of para-hydroxylation sites is 1. The van der Waals surface area contributed by atoms with Gasteiger partial charge in [-0.3, -0.25) is 0 Å². The highest BCUT2D eigenvalue weighted by atomic mass is 19.1. The van der Waals surface area contributed by atoms with E-state index in [1.165, 1.54) is 6.07 Å². The van der Waals surface area contributed by atoms with Crippen molar-refractivity contribution < 1.29 is 4.39 Å². The molecule has 2 rings (SSSR count). The van der Waals surface area contributed by atoms with Crippen LogP contribution in [0.1, 0.15) is 16.7 Å². The van der Waals surface area contributed by atoms with Crippen LogP contribution >= 0.6 is 0 Å². The van der Waals surface area contributed by atoms with Crippen LogP contribution in [-0.4, -0.2) is 0 Å². The summed E-state index contributed by atoms with van der Waals surface area (Å²) in [7, 11) is 0. The van der Waals surface area contributed by atoms with Crippen LogP contribution in [0.4, 0.5) is 10.1 Å². The molecule has 0 aromatic heterocycles. The molecule has 2 aromatic rings. The first-order valence-electron chi connectivity index (χ1n) is 5.69. The minimum atomic E-state index is -0.274. The molecule has 0 spiro atoms. The van der Waals surface area contributed by atoms with E-state index in [0.29, 0.717) is 17.8 Å². The maximum Gasteiger partial charge on any atom is 0.146 e. The van der Waals surface area contributed by atoms with Gasteiger partial charge in [0, 0.05) is 6.54 Å². The maximum absolute atomic E-state index is 13.6. The van der Waals surface area contributed by atoms with E-state index in [-0.39, 0.29) is 5.82 Å². The van der Waals surface area contributed by atoms with E-state index < -0.39 is 0 Å². The Labute approximate surface area is 106 Å². The summed E-state index contributed by atoms with van der Waals surface area (Å²) >= 11 is 0.